The summed E-state index contributed by atoms with van der Waals surface area (Å²) in [5.74, 6) is -0.706. The fraction of sp³-hybridized carbons (Fsp3) is 0.0909. The van der Waals surface area contributed by atoms with Crippen molar-refractivity contribution in [1.82, 2.24) is 9.78 Å². The van der Waals surface area contributed by atoms with Crippen molar-refractivity contribution in [3.63, 3.8) is 0 Å². The molecule has 2 aromatic rings. The van der Waals surface area contributed by atoms with Crippen LogP contribution in [0.3, 0.4) is 0 Å². The number of non-ortho nitro benzene ring substituents is 1. The highest BCUT2D eigenvalue weighted by molar-refractivity contribution is 9.10. The van der Waals surface area contributed by atoms with Gasteiger partial charge in [0.1, 0.15) is 12.3 Å². The molecule has 0 radical (unpaired) electrons. The van der Waals surface area contributed by atoms with Crippen LogP contribution in [0.2, 0.25) is 0 Å². The SMILES string of the molecule is O=C(Cn1cc(Br)cn1)Nc1cc([N+](=O)[O-])ccc1O. The number of benzene rings is 1. The Labute approximate surface area is 121 Å². The predicted octanol–water partition coefficient (Wildman–Crippen LogP) is 1.90. The van der Waals surface area contributed by atoms with Crippen molar-refractivity contribution < 1.29 is 14.8 Å². The Kier molecular flexibility index (Phi) is 3.99. The highest BCUT2D eigenvalue weighted by Gasteiger charge is 2.13. The average Bonchev–Trinajstić information content (AvgIpc) is 2.77. The number of carbonyl (C=O) groups excluding carboxylic acids is 1. The van der Waals surface area contributed by atoms with Crippen LogP contribution in [0.25, 0.3) is 0 Å². The standard InChI is InChI=1S/C11H9BrN4O4/c12-7-4-13-15(5-7)6-11(18)14-9-3-8(16(19)20)1-2-10(9)17/h1-5,17H,6H2,(H,14,18). The number of phenolic OH excluding ortho intramolecular Hbond substituents is 1. The third kappa shape index (κ3) is 3.32. The Morgan fingerprint density at radius 2 is 2.30 bits per heavy atom. The molecule has 0 fully saturated rings. The number of amides is 1. The molecule has 2 rings (SSSR count). The van der Waals surface area contributed by atoms with Gasteiger partial charge in [-0.1, -0.05) is 0 Å². The van der Waals surface area contributed by atoms with Gasteiger partial charge in [-0.25, -0.2) is 0 Å². The molecule has 0 aliphatic rings. The van der Waals surface area contributed by atoms with Gasteiger partial charge in [-0.3, -0.25) is 19.6 Å². The normalized spacial score (nSPS) is 10.2. The summed E-state index contributed by atoms with van der Waals surface area (Å²) < 4.78 is 2.11. The van der Waals surface area contributed by atoms with Crippen LogP contribution in [0.1, 0.15) is 0 Å². The number of aromatic hydroxyl groups is 1. The van der Waals surface area contributed by atoms with Crippen molar-refractivity contribution >= 4 is 33.2 Å². The summed E-state index contributed by atoms with van der Waals surface area (Å²) in [5, 5.41) is 26.5. The molecule has 0 bridgehead atoms. The monoisotopic (exact) mass is 340 g/mol. The molecule has 9 heteroatoms. The fourth-order valence-electron chi connectivity index (χ4n) is 1.50. The first-order valence-electron chi connectivity index (χ1n) is 5.41. The minimum atomic E-state index is -0.611. The predicted molar refractivity (Wildman–Crippen MR) is 73.3 cm³/mol. The lowest BCUT2D eigenvalue weighted by atomic mass is 10.2. The minimum absolute atomic E-state index is 0.0181. The minimum Gasteiger partial charge on any atom is -0.506 e. The summed E-state index contributed by atoms with van der Waals surface area (Å²) in [7, 11) is 0. The van der Waals surface area contributed by atoms with E-state index in [0.717, 1.165) is 22.7 Å². The molecule has 0 unspecified atom stereocenters. The molecule has 0 spiro atoms. The molecule has 1 aromatic carbocycles. The number of nitro groups is 1. The van der Waals surface area contributed by atoms with E-state index in [4.69, 9.17) is 0 Å². The summed E-state index contributed by atoms with van der Waals surface area (Å²) in [6, 6.07) is 3.39. The third-order valence-electron chi connectivity index (χ3n) is 2.37. The number of phenols is 1. The van der Waals surface area contributed by atoms with Crippen molar-refractivity contribution in [2.24, 2.45) is 0 Å². The van der Waals surface area contributed by atoms with Gasteiger partial charge in [0.2, 0.25) is 5.91 Å². The zero-order valence-electron chi connectivity index (χ0n) is 9.99. The number of aromatic nitrogens is 2. The van der Waals surface area contributed by atoms with Crippen molar-refractivity contribution in [2.45, 2.75) is 6.54 Å². The van der Waals surface area contributed by atoms with Crippen LogP contribution in [0.4, 0.5) is 11.4 Å². The Bertz CT molecular complexity index is 670. The summed E-state index contributed by atoms with van der Waals surface area (Å²) in [4.78, 5) is 21.8. The van der Waals surface area contributed by atoms with Crippen LogP contribution in [0, 0.1) is 10.1 Å². The molecule has 0 saturated heterocycles. The second-order valence-electron chi connectivity index (χ2n) is 3.86. The molecule has 20 heavy (non-hydrogen) atoms. The highest BCUT2D eigenvalue weighted by Crippen LogP contribution is 2.27. The molecule has 1 heterocycles. The second-order valence-corrected chi connectivity index (χ2v) is 4.78. The van der Waals surface area contributed by atoms with E-state index in [1.807, 2.05) is 0 Å². The van der Waals surface area contributed by atoms with Crippen LogP contribution in [0.5, 0.6) is 5.75 Å². The lowest BCUT2D eigenvalue weighted by Gasteiger charge is -2.07. The molecule has 1 aromatic heterocycles. The maximum absolute atomic E-state index is 11.8. The molecule has 0 saturated carbocycles. The van der Waals surface area contributed by atoms with Gasteiger partial charge in [0.05, 0.1) is 21.3 Å². The van der Waals surface area contributed by atoms with Crippen molar-refractivity contribution in [3.8, 4) is 5.75 Å². The summed E-state index contributed by atoms with van der Waals surface area (Å²) in [6.07, 6.45) is 3.13. The van der Waals surface area contributed by atoms with Crippen LogP contribution >= 0.6 is 15.9 Å². The largest absolute Gasteiger partial charge is 0.506 e. The number of hydrogen-bond acceptors (Lipinski definition) is 5. The van der Waals surface area contributed by atoms with Crippen molar-refractivity contribution in [2.75, 3.05) is 5.32 Å². The third-order valence-corrected chi connectivity index (χ3v) is 2.78. The van der Waals surface area contributed by atoms with Crippen LogP contribution in [-0.4, -0.2) is 25.7 Å². The summed E-state index contributed by atoms with van der Waals surface area (Å²) >= 11 is 3.20. The molecule has 1 amide bonds. The molecule has 0 atom stereocenters. The van der Waals surface area contributed by atoms with Crippen molar-refractivity contribution in [3.05, 3.63) is 45.2 Å². The first-order valence-corrected chi connectivity index (χ1v) is 6.20. The van der Waals surface area contributed by atoms with E-state index in [1.54, 1.807) is 6.20 Å². The first kappa shape index (κ1) is 14.0. The van der Waals surface area contributed by atoms with Gasteiger partial charge in [-0.05, 0) is 22.0 Å². The van der Waals surface area contributed by atoms with E-state index in [2.05, 4.69) is 26.3 Å². The Balaban J connectivity index is 2.11. The smallest absolute Gasteiger partial charge is 0.271 e. The zero-order valence-corrected chi connectivity index (χ0v) is 11.6. The quantitative estimate of drug-likeness (QED) is 0.501. The summed E-state index contributed by atoms with van der Waals surface area (Å²) in [5.41, 5.74) is -0.240. The molecule has 8 nitrogen and oxygen atoms in total. The highest BCUT2D eigenvalue weighted by atomic mass is 79.9. The number of rotatable bonds is 4. The van der Waals surface area contributed by atoms with E-state index in [9.17, 15) is 20.0 Å². The van der Waals surface area contributed by atoms with Gasteiger partial charge < -0.3 is 10.4 Å². The topological polar surface area (TPSA) is 110 Å². The molecule has 104 valence electrons. The maximum atomic E-state index is 11.8. The van der Waals surface area contributed by atoms with Crippen LogP contribution in [0.15, 0.2) is 35.1 Å². The van der Waals surface area contributed by atoms with E-state index in [-0.39, 0.29) is 23.7 Å². The number of nitrogens with one attached hydrogen (secondary N) is 1. The lowest BCUT2D eigenvalue weighted by Crippen LogP contribution is -2.19. The summed E-state index contributed by atoms with van der Waals surface area (Å²) in [6.45, 7) is -0.0757. The second kappa shape index (κ2) is 5.70. The van der Waals surface area contributed by atoms with Gasteiger partial charge in [-0.2, -0.15) is 5.10 Å². The molecular weight excluding hydrogens is 332 g/mol. The number of nitrogens with zero attached hydrogens (tertiary/aromatic N) is 3. The van der Waals surface area contributed by atoms with E-state index in [0.29, 0.717) is 0 Å². The van der Waals surface area contributed by atoms with Gasteiger partial charge in [-0.15, -0.1) is 0 Å². The van der Waals surface area contributed by atoms with Crippen LogP contribution < -0.4 is 5.32 Å². The van der Waals surface area contributed by atoms with Gasteiger partial charge in [0, 0.05) is 18.3 Å². The number of nitro benzene ring substituents is 1. The first-order chi connectivity index (χ1) is 9.45. The number of carbonyl (C=O) groups is 1. The molecule has 2 N–H and O–H groups in total. The van der Waals surface area contributed by atoms with E-state index in [1.165, 1.54) is 10.9 Å². The van der Waals surface area contributed by atoms with E-state index >= 15 is 0 Å². The number of anilines is 1. The van der Waals surface area contributed by atoms with Gasteiger partial charge >= 0.3 is 0 Å². The average molecular weight is 341 g/mol. The Morgan fingerprint density at radius 1 is 1.55 bits per heavy atom. The number of halogens is 1. The van der Waals surface area contributed by atoms with Gasteiger partial charge in [0.25, 0.3) is 5.69 Å². The molecule has 0 aliphatic heterocycles. The number of hydrogen-bond donors (Lipinski definition) is 2. The molecule has 0 aliphatic carbocycles. The van der Waals surface area contributed by atoms with Crippen LogP contribution in [-0.2, 0) is 11.3 Å². The lowest BCUT2D eigenvalue weighted by molar-refractivity contribution is -0.384. The van der Waals surface area contributed by atoms with Gasteiger partial charge in [0.15, 0.2) is 0 Å². The fourth-order valence-corrected chi connectivity index (χ4v) is 1.83. The molecular formula is C11H9BrN4O4. The zero-order chi connectivity index (χ0) is 14.7. The maximum Gasteiger partial charge on any atom is 0.271 e. The Hall–Kier alpha value is -2.42. The Morgan fingerprint density at radius 3 is 2.90 bits per heavy atom. The van der Waals surface area contributed by atoms with E-state index < -0.39 is 10.8 Å². The van der Waals surface area contributed by atoms with Crippen molar-refractivity contribution in [1.29, 1.82) is 0 Å².